The van der Waals surface area contributed by atoms with Gasteiger partial charge in [0.25, 0.3) is 5.56 Å². The quantitative estimate of drug-likeness (QED) is 0.465. The summed E-state index contributed by atoms with van der Waals surface area (Å²) in [5.41, 5.74) is 0.449. The first kappa shape index (κ1) is 24.4. The zero-order chi connectivity index (χ0) is 24.5. The summed E-state index contributed by atoms with van der Waals surface area (Å²) in [7, 11) is 0. The molecule has 0 atom stereocenters. The molecule has 0 bridgehead atoms. The van der Waals surface area contributed by atoms with Crippen molar-refractivity contribution in [3.05, 3.63) is 88.7 Å². The summed E-state index contributed by atoms with van der Waals surface area (Å²) in [5, 5.41) is 6.01. The number of nitrogens with zero attached hydrogens (tertiary/aromatic N) is 3. The Hall–Kier alpha value is -3.72. The van der Waals surface area contributed by atoms with Crippen molar-refractivity contribution in [3.8, 4) is 5.75 Å². The molecule has 0 spiro atoms. The van der Waals surface area contributed by atoms with Crippen LogP contribution in [-0.4, -0.2) is 52.6 Å². The molecule has 0 saturated carbocycles. The minimum Gasteiger partial charge on any atom is -0.492 e. The highest BCUT2D eigenvalue weighted by atomic mass is 19.1. The molecule has 0 unspecified atom stereocenters. The van der Waals surface area contributed by atoms with Crippen LogP contribution >= 0.6 is 0 Å². The average molecular weight is 480 g/mol. The normalized spacial score (nSPS) is 14.4. The Morgan fingerprint density at radius 3 is 2.57 bits per heavy atom. The number of para-hydroxylation sites is 1. The van der Waals surface area contributed by atoms with E-state index in [1.165, 1.54) is 29.1 Å². The monoisotopic (exact) mass is 479 g/mol. The maximum atomic E-state index is 13.0. The summed E-state index contributed by atoms with van der Waals surface area (Å²) in [6.07, 6.45) is 4.80. The molecule has 1 aliphatic rings. The molecule has 1 fully saturated rings. The Morgan fingerprint density at radius 1 is 1.09 bits per heavy atom. The summed E-state index contributed by atoms with van der Waals surface area (Å²) >= 11 is 0. The summed E-state index contributed by atoms with van der Waals surface area (Å²) in [5.74, 6) is 0.495. The van der Waals surface area contributed by atoms with Crippen molar-refractivity contribution in [2.45, 2.75) is 32.0 Å². The Balaban J connectivity index is 1.21. The van der Waals surface area contributed by atoms with E-state index in [1.54, 1.807) is 12.1 Å². The second-order valence-corrected chi connectivity index (χ2v) is 8.53. The van der Waals surface area contributed by atoms with E-state index in [0.717, 1.165) is 43.8 Å². The number of hydrogen-bond donors (Lipinski definition) is 2. The lowest BCUT2D eigenvalue weighted by molar-refractivity contribution is -0.121. The van der Waals surface area contributed by atoms with E-state index >= 15 is 0 Å². The van der Waals surface area contributed by atoms with Gasteiger partial charge in [-0.15, -0.1) is 0 Å². The summed E-state index contributed by atoms with van der Waals surface area (Å²) < 4.78 is 20.1. The molecule has 1 aromatic heterocycles. The molecular weight excluding hydrogens is 449 g/mol. The number of ether oxygens (including phenoxy) is 1. The third-order valence-corrected chi connectivity index (χ3v) is 5.98. The van der Waals surface area contributed by atoms with Crippen LogP contribution in [0.2, 0.25) is 0 Å². The van der Waals surface area contributed by atoms with Gasteiger partial charge in [0.15, 0.2) is 5.82 Å². The highest BCUT2D eigenvalue weighted by molar-refractivity contribution is 5.75. The second kappa shape index (κ2) is 12.1. The van der Waals surface area contributed by atoms with E-state index in [9.17, 15) is 14.0 Å². The highest BCUT2D eigenvalue weighted by Gasteiger charge is 2.20. The number of nitrogens with one attached hydrogen (secondary N) is 2. The fourth-order valence-electron chi connectivity index (χ4n) is 3.99. The van der Waals surface area contributed by atoms with Crippen LogP contribution in [0.25, 0.3) is 0 Å². The zero-order valence-electron chi connectivity index (χ0n) is 19.5. The van der Waals surface area contributed by atoms with Crippen molar-refractivity contribution in [2.24, 2.45) is 0 Å². The number of amides is 1. The van der Waals surface area contributed by atoms with Crippen LogP contribution in [0.15, 0.2) is 71.8 Å². The number of benzene rings is 2. The Bertz CT molecular complexity index is 1150. The van der Waals surface area contributed by atoms with Gasteiger partial charge in [0.1, 0.15) is 24.7 Å². The van der Waals surface area contributed by atoms with Crippen LogP contribution in [0.3, 0.4) is 0 Å². The Labute approximate surface area is 203 Å². The van der Waals surface area contributed by atoms with Gasteiger partial charge < -0.3 is 19.9 Å². The SMILES string of the molecule is O=C(Cn1ccnc(NC2CCN(CCOc3ccccc3)CC2)c1=O)NCc1ccc(F)cc1. The number of halogens is 1. The topological polar surface area (TPSA) is 88.5 Å². The van der Waals surface area contributed by atoms with E-state index in [-0.39, 0.29) is 42.2 Å². The van der Waals surface area contributed by atoms with Gasteiger partial charge in [-0.2, -0.15) is 0 Å². The van der Waals surface area contributed by atoms with Crippen LogP contribution in [-0.2, 0) is 17.9 Å². The largest absolute Gasteiger partial charge is 0.492 e. The van der Waals surface area contributed by atoms with Gasteiger partial charge in [-0.1, -0.05) is 30.3 Å². The smallest absolute Gasteiger partial charge is 0.293 e. The predicted octanol–water partition coefficient (Wildman–Crippen LogP) is 2.65. The van der Waals surface area contributed by atoms with Gasteiger partial charge in [-0.25, -0.2) is 9.37 Å². The molecule has 184 valence electrons. The minimum atomic E-state index is -0.330. The second-order valence-electron chi connectivity index (χ2n) is 8.53. The van der Waals surface area contributed by atoms with E-state index in [2.05, 4.69) is 20.5 Å². The van der Waals surface area contributed by atoms with Crippen LogP contribution in [0.5, 0.6) is 5.75 Å². The van der Waals surface area contributed by atoms with Gasteiger partial charge >= 0.3 is 0 Å². The lowest BCUT2D eigenvalue weighted by Gasteiger charge is -2.32. The van der Waals surface area contributed by atoms with Crippen LogP contribution in [0.4, 0.5) is 10.2 Å². The van der Waals surface area contributed by atoms with Crippen molar-refractivity contribution in [1.29, 1.82) is 0 Å². The summed E-state index contributed by atoms with van der Waals surface area (Å²) in [6.45, 7) is 3.45. The number of carbonyl (C=O) groups excluding carboxylic acids is 1. The van der Waals surface area contributed by atoms with Gasteiger partial charge in [0.2, 0.25) is 5.91 Å². The minimum absolute atomic E-state index is 0.114. The fourth-order valence-corrected chi connectivity index (χ4v) is 3.99. The molecule has 1 saturated heterocycles. The Morgan fingerprint density at radius 2 is 1.83 bits per heavy atom. The maximum Gasteiger partial charge on any atom is 0.293 e. The molecule has 2 aromatic carbocycles. The van der Waals surface area contributed by atoms with Crippen molar-refractivity contribution in [1.82, 2.24) is 19.8 Å². The molecule has 1 amide bonds. The van der Waals surface area contributed by atoms with Crippen molar-refractivity contribution in [3.63, 3.8) is 0 Å². The van der Waals surface area contributed by atoms with Crippen LogP contribution < -0.4 is 20.9 Å². The standard InChI is InChI=1S/C26H30FN5O3/c27-21-8-6-20(7-9-21)18-29-24(33)19-32-15-12-28-25(26(32)34)30-22-10-13-31(14-11-22)16-17-35-23-4-2-1-3-5-23/h1-9,12,15,22H,10-11,13-14,16-19H2,(H,28,30)(H,29,33). The van der Waals surface area contributed by atoms with Crippen LogP contribution in [0.1, 0.15) is 18.4 Å². The van der Waals surface area contributed by atoms with E-state index in [0.29, 0.717) is 6.61 Å². The Kier molecular flexibility index (Phi) is 8.45. The molecule has 35 heavy (non-hydrogen) atoms. The van der Waals surface area contributed by atoms with E-state index < -0.39 is 0 Å². The molecular formula is C26H30FN5O3. The molecule has 8 nitrogen and oxygen atoms in total. The molecule has 2 N–H and O–H groups in total. The molecule has 4 rings (SSSR count). The lowest BCUT2D eigenvalue weighted by Crippen LogP contribution is -2.42. The van der Waals surface area contributed by atoms with Crippen molar-refractivity contribution < 1.29 is 13.9 Å². The number of likely N-dealkylation sites (tertiary alicyclic amines) is 1. The molecule has 2 heterocycles. The number of hydrogen-bond acceptors (Lipinski definition) is 6. The van der Waals surface area contributed by atoms with E-state index in [4.69, 9.17) is 4.74 Å². The number of carbonyl (C=O) groups is 1. The first-order valence-corrected chi connectivity index (χ1v) is 11.8. The first-order valence-electron chi connectivity index (χ1n) is 11.8. The molecule has 0 radical (unpaired) electrons. The number of aromatic nitrogens is 2. The lowest BCUT2D eigenvalue weighted by atomic mass is 10.1. The van der Waals surface area contributed by atoms with Crippen molar-refractivity contribution in [2.75, 3.05) is 31.6 Å². The van der Waals surface area contributed by atoms with Gasteiger partial charge in [0.05, 0.1) is 0 Å². The average Bonchev–Trinajstić information content (AvgIpc) is 2.88. The summed E-state index contributed by atoms with van der Waals surface area (Å²) in [6, 6.07) is 15.8. The third-order valence-electron chi connectivity index (χ3n) is 5.98. The number of anilines is 1. The first-order chi connectivity index (χ1) is 17.1. The highest BCUT2D eigenvalue weighted by Crippen LogP contribution is 2.14. The summed E-state index contributed by atoms with van der Waals surface area (Å²) in [4.78, 5) is 31.7. The number of rotatable bonds is 10. The molecule has 0 aliphatic carbocycles. The van der Waals surface area contributed by atoms with E-state index in [1.807, 2.05) is 30.3 Å². The van der Waals surface area contributed by atoms with Crippen LogP contribution in [0, 0.1) is 5.82 Å². The molecule has 3 aromatic rings. The zero-order valence-corrected chi connectivity index (χ0v) is 19.5. The maximum absolute atomic E-state index is 13.0. The predicted molar refractivity (Wildman–Crippen MR) is 132 cm³/mol. The van der Waals surface area contributed by atoms with Gasteiger partial charge in [-0.05, 0) is 42.7 Å². The van der Waals surface area contributed by atoms with Gasteiger partial charge in [-0.3, -0.25) is 14.5 Å². The molecule has 1 aliphatic heterocycles. The fraction of sp³-hybridized carbons (Fsp3) is 0.346. The third kappa shape index (κ3) is 7.38. The molecule has 9 heteroatoms. The van der Waals surface area contributed by atoms with Gasteiger partial charge in [0, 0.05) is 44.6 Å². The van der Waals surface area contributed by atoms with Crippen molar-refractivity contribution >= 4 is 11.7 Å². The number of piperidine rings is 1.